The van der Waals surface area contributed by atoms with Crippen molar-refractivity contribution in [2.45, 2.75) is 25.7 Å². The second-order valence-corrected chi connectivity index (χ2v) is 8.97. The molecule has 2 fully saturated rings. The molecule has 2 atom stereocenters. The Labute approximate surface area is 197 Å². The van der Waals surface area contributed by atoms with Gasteiger partial charge in [-0.25, -0.2) is 5.01 Å². The van der Waals surface area contributed by atoms with E-state index in [1.165, 1.54) is 18.2 Å². The second-order valence-electron chi connectivity index (χ2n) is 8.05. The Morgan fingerprint density at radius 3 is 2.15 bits per heavy atom. The molecule has 1 aliphatic carbocycles. The number of Topliss-reactive ketones (excluding diaryl/α,β-unsaturated/α-hetero) is 1. The molecule has 0 aromatic heterocycles. The third kappa shape index (κ3) is 4.30. The van der Waals surface area contributed by atoms with Gasteiger partial charge in [-0.2, -0.15) is 5.01 Å². The highest BCUT2D eigenvalue weighted by molar-refractivity contribution is 9.10. The fraction of sp³-hybridized carbons (Fsp3) is 0.304. The average molecular weight is 514 g/mol. The number of nitrogens with zero attached hydrogens (tertiary/aromatic N) is 3. The van der Waals surface area contributed by atoms with E-state index in [0.717, 1.165) is 33.4 Å². The van der Waals surface area contributed by atoms with E-state index in [-0.39, 0.29) is 11.1 Å². The molecular weight excluding hydrogens is 494 g/mol. The molecule has 9 nitrogen and oxygen atoms in total. The van der Waals surface area contributed by atoms with Crippen LogP contribution in [0.3, 0.4) is 0 Å². The first kappa shape index (κ1) is 22.8. The molecule has 2 aromatic carbocycles. The maximum absolute atomic E-state index is 13.5. The molecule has 170 valence electrons. The predicted molar refractivity (Wildman–Crippen MR) is 120 cm³/mol. The SMILES string of the molecule is O=C(CN(C(=O)c1ccccc1[N+](=O)[O-])N1C(=O)[C@H]2CCCC[C@H]2C1=O)c1ccc(Br)cc1. The Balaban J connectivity index is 1.74. The number of carbonyl (C=O) groups is 4. The van der Waals surface area contributed by atoms with Crippen LogP contribution in [0.1, 0.15) is 46.4 Å². The van der Waals surface area contributed by atoms with E-state index in [4.69, 9.17) is 0 Å². The van der Waals surface area contributed by atoms with Gasteiger partial charge >= 0.3 is 0 Å². The molecule has 0 bridgehead atoms. The van der Waals surface area contributed by atoms with Crippen molar-refractivity contribution in [3.8, 4) is 0 Å². The van der Waals surface area contributed by atoms with E-state index in [1.807, 2.05) is 0 Å². The van der Waals surface area contributed by atoms with E-state index >= 15 is 0 Å². The van der Waals surface area contributed by atoms with Gasteiger partial charge in [0.25, 0.3) is 23.4 Å². The van der Waals surface area contributed by atoms with Crippen LogP contribution in [0.25, 0.3) is 0 Å². The van der Waals surface area contributed by atoms with Crippen molar-refractivity contribution in [1.29, 1.82) is 0 Å². The number of rotatable bonds is 6. The van der Waals surface area contributed by atoms with Crippen LogP contribution >= 0.6 is 15.9 Å². The topological polar surface area (TPSA) is 118 Å². The number of nitro groups is 1. The number of benzene rings is 2. The predicted octanol–water partition coefficient (Wildman–Crippen LogP) is 3.77. The number of amides is 3. The molecule has 0 N–H and O–H groups in total. The van der Waals surface area contributed by atoms with Gasteiger partial charge in [-0.15, -0.1) is 0 Å². The van der Waals surface area contributed by atoms with Gasteiger partial charge < -0.3 is 0 Å². The Hall–Kier alpha value is -3.40. The minimum atomic E-state index is -0.951. The van der Waals surface area contributed by atoms with E-state index in [0.29, 0.717) is 12.8 Å². The summed E-state index contributed by atoms with van der Waals surface area (Å²) in [5, 5.41) is 13.0. The maximum atomic E-state index is 13.5. The molecule has 0 radical (unpaired) electrons. The standard InChI is InChI=1S/C23H20BrN3O6/c24-15-11-9-14(10-12-15)20(28)13-25(21(29)18-7-3-4-8-19(18)27(32)33)26-22(30)16-5-1-2-6-17(16)23(26)31/h3-4,7-12,16-17H,1-2,5-6,13H2/t16-,17+. The monoisotopic (exact) mass is 513 g/mol. The largest absolute Gasteiger partial charge is 0.292 e. The van der Waals surface area contributed by atoms with Gasteiger partial charge in [0.1, 0.15) is 12.1 Å². The van der Waals surface area contributed by atoms with Crippen LogP contribution in [0.2, 0.25) is 0 Å². The van der Waals surface area contributed by atoms with E-state index < -0.39 is 52.5 Å². The lowest BCUT2D eigenvalue weighted by atomic mass is 9.81. The van der Waals surface area contributed by atoms with Crippen LogP contribution < -0.4 is 0 Å². The van der Waals surface area contributed by atoms with Crippen molar-refractivity contribution in [2.75, 3.05) is 6.54 Å². The van der Waals surface area contributed by atoms with E-state index in [2.05, 4.69) is 15.9 Å². The summed E-state index contributed by atoms with van der Waals surface area (Å²) in [5.74, 6) is -3.64. The summed E-state index contributed by atoms with van der Waals surface area (Å²) < 4.78 is 0.751. The van der Waals surface area contributed by atoms with Gasteiger partial charge in [-0.3, -0.25) is 29.3 Å². The Bertz CT molecular complexity index is 1130. The molecule has 0 spiro atoms. The number of halogens is 1. The first-order chi connectivity index (χ1) is 15.8. The molecule has 33 heavy (non-hydrogen) atoms. The Morgan fingerprint density at radius 2 is 1.58 bits per heavy atom. The van der Waals surface area contributed by atoms with E-state index in [9.17, 15) is 29.3 Å². The molecule has 3 amide bonds. The highest BCUT2D eigenvalue weighted by Crippen LogP contribution is 2.39. The van der Waals surface area contributed by atoms with Crippen molar-refractivity contribution in [2.24, 2.45) is 11.8 Å². The van der Waals surface area contributed by atoms with Crippen LogP contribution in [0.5, 0.6) is 0 Å². The molecule has 1 saturated heterocycles. The van der Waals surface area contributed by atoms with Crippen LogP contribution in [-0.4, -0.2) is 45.0 Å². The van der Waals surface area contributed by atoms with Crippen LogP contribution in [0.15, 0.2) is 53.0 Å². The minimum Gasteiger partial charge on any atom is -0.292 e. The van der Waals surface area contributed by atoms with Gasteiger partial charge in [-0.1, -0.05) is 53.0 Å². The lowest BCUT2D eigenvalue weighted by Crippen LogP contribution is -2.52. The van der Waals surface area contributed by atoms with Crippen LogP contribution in [0, 0.1) is 22.0 Å². The third-order valence-electron chi connectivity index (χ3n) is 6.08. The van der Waals surface area contributed by atoms with Crippen LogP contribution in [0.4, 0.5) is 5.69 Å². The molecule has 2 aliphatic rings. The number of fused-ring (bicyclic) bond motifs is 1. The van der Waals surface area contributed by atoms with Gasteiger partial charge in [0.2, 0.25) is 0 Å². The van der Waals surface area contributed by atoms with Crippen molar-refractivity contribution in [3.63, 3.8) is 0 Å². The van der Waals surface area contributed by atoms with Crippen molar-refractivity contribution in [3.05, 3.63) is 74.2 Å². The molecule has 4 rings (SSSR count). The summed E-state index contributed by atoms with van der Waals surface area (Å²) in [5.41, 5.74) is -0.503. The molecule has 10 heteroatoms. The summed E-state index contributed by atoms with van der Waals surface area (Å²) in [4.78, 5) is 63.6. The number of hydrogen-bond donors (Lipinski definition) is 0. The molecule has 1 heterocycles. The lowest BCUT2D eigenvalue weighted by Gasteiger charge is -2.30. The highest BCUT2D eigenvalue weighted by atomic mass is 79.9. The van der Waals surface area contributed by atoms with Gasteiger partial charge in [-0.05, 0) is 31.0 Å². The highest BCUT2D eigenvalue weighted by Gasteiger charge is 2.52. The number of ketones is 1. The first-order valence-corrected chi connectivity index (χ1v) is 11.3. The smallest absolute Gasteiger partial charge is 0.282 e. The summed E-state index contributed by atoms with van der Waals surface area (Å²) in [6.07, 6.45) is 2.65. The number of hydrogen-bond acceptors (Lipinski definition) is 6. The molecule has 1 saturated carbocycles. The third-order valence-corrected chi connectivity index (χ3v) is 6.61. The number of imide groups is 1. The maximum Gasteiger partial charge on any atom is 0.282 e. The summed E-state index contributed by atoms with van der Waals surface area (Å²) in [6.45, 7) is -0.608. The number of carbonyl (C=O) groups excluding carboxylic acids is 4. The molecule has 0 unspecified atom stereocenters. The molecular formula is C23H20BrN3O6. The summed E-state index contributed by atoms with van der Waals surface area (Å²) >= 11 is 3.29. The Morgan fingerprint density at radius 1 is 1.00 bits per heavy atom. The number of para-hydroxylation sites is 1. The second kappa shape index (κ2) is 9.22. The zero-order chi connectivity index (χ0) is 23.7. The fourth-order valence-electron chi connectivity index (χ4n) is 4.43. The molecule has 1 aliphatic heterocycles. The van der Waals surface area contributed by atoms with Crippen LogP contribution in [-0.2, 0) is 9.59 Å². The molecule has 2 aromatic rings. The average Bonchev–Trinajstić information content (AvgIpc) is 3.07. The van der Waals surface area contributed by atoms with Gasteiger partial charge in [0.05, 0.1) is 16.8 Å². The van der Waals surface area contributed by atoms with E-state index in [1.54, 1.807) is 24.3 Å². The fourth-order valence-corrected chi connectivity index (χ4v) is 4.70. The van der Waals surface area contributed by atoms with Crippen molar-refractivity contribution in [1.82, 2.24) is 10.0 Å². The van der Waals surface area contributed by atoms with Gasteiger partial charge in [0.15, 0.2) is 5.78 Å². The van der Waals surface area contributed by atoms with Crippen molar-refractivity contribution < 1.29 is 24.1 Å². The number of nitro benzene ring substituents is 1. The first-order valence-electron chi connectivity index (χ1n) is 10.5. The Kier molecular flexibility index (Phi) is 6.37. The quantitative estimate of drug-likeness (QED) is 0.251. The summed E-state index contributed by atoms with van der Waals surface area (Å²) in [6, 6.07) is 11.7. The number of hydrazine groups is 1. The zero-order valence-electron chi connectivity index (χ0n) is 17.5. The minimum absolute atomic E-state index is 0.273. The van der Waals surface area contributed by atoms with Crippen molar-refractivity contribution >= 4 is 45.1 Å². The summed E-state index contributed by atoms with van der Waals surface area (Å²) in [7, 11) is 0. The lowest BCUT2D eigenvalue weighted by molar-refractivity contribution is -0.385. The zero-order valence-corrected chi connectivity index (χ0v) is 19.1. The van der Waals surface area contributed by atoms with Gasteiger partial charge in [0, 0.05) is 16.1 Å². The normalized spacial score (nSPS) is 19.8.